The van der Waals surface area contributed by atoms with Crippen molar-refractivity contribution in [1.82, 2.24) is 4.90 Å². The normalized spacial score (nSPS) is 32.8. The van der Waals surface area contributed by atoms with E-state index in [1.165, 1.54) is 0 Å². The molecule has 0 spiro atoms. The summed E-state index contributed by atoms with van der Waals surface area (Å²) in [6.45, 7) is 3.88. The Labute approximate surface area is 109 Å². The molecule has 1 N–H and O–H groups in total. The number of likely N-dealkylation sites (tertiary alicyclic amines) is 1. The first kappa shape index (κ1) is 13.8. The number of aliphatic hydroxyl groups is 1. The molecular formula is C14H25NO3. The van der Waals surface area contributed by atoms with Gasteiger partial charge in [0.05, 0.1) is 6.10 Å². The van der Waals surface area contributed by atoms with Gasteiger partial charge in [0.15, 0.2) is 0 Å². The highest BCUT2D eigenvalue weighted by Gasteiger charge is 2.29. The Morgan fingerprint density at radius 1 is 1.39 bits per heavy atom. The van der Waals surface area contributed by atoms with Gasteiger partial charge in [-0.1, -0.05) is 0 Å². The Kier molecular flexibility index (Phi) is 5.01. The van der Waals surface area contributed by atoms with Crippen LogP contribution >= 0.6 is 0 Å². The third-order valence-electron chi connectivity index (χ3n) is 4.26. The molecule has 0 radical (unpaired) electrons. The Hall–Kier alpha value is -0.610. The van der Waals surface area contributed by atoms with Crippen LogP contribution in [0.3, 0.4) is 0 Å². The quantitative estimate of drug-likeness (QED) is 0.829. The molecule has 104 valence electrons. The van der Waals surface area contributed by atoms with Crippen LogP contribution in [0.2, 0.25) is 0 Å². The Balaban J connectivity index is 1.78. The third kappa shape index (κ3) is 3.45. The second-order valence-electron chi connectivity index (χ2n) is 5.69. The minimum absolute atomic E-state index is 0.197. The Bertz CT molecular complexity index is 276. The van der Waals surface area contributed by atoms with Gasteiger partial charge in [-0.3, -0.25) is 4.79 Å². The summed E-state index contributed by atoms with van der Waals surface area (Å²) < 4.78 is 5.55. The number of hydrogen-bond acceptors (Lipinski definition) is 3. The molecule has 3 unspecified atom stereocenters. The molecule has 0 aromatic rings. The minimum atomic E-state index is 0.197. The highest BCUT2D eigenvalue weighted by molar-refractivity contribution is 5.76. The molecule has 2 rings (SSSR count). The molecule has 1 amide bonds. The fourth-order valence-corrected chi connectivity index (χ4v) is 2.98. The topological polar surface area (TPSA) is 49.8 Å². The summed E-state index contributed by atoms with van der Waals surface area (Å²) in [6.07, 6.45) is 6.01. The first-order valence-corrected chi connectivity index (χ1v) is 7.22. The molecule has 2 fully saturated rings. The number of aliphatic hydroxyl groups excluding tert-OH is 1. The molecule has 0 bridgehead atoms. The first-order valence-electron chi connectivity index (χ1n) is 7.22. The number of nitrogens with zero attached hydrogens (tertiary/aromatic N) is 1. The van der Waals surface area contributed by atoms with E-state index in [0.717, 1.165) is 45.3 Å². The van der Waals surface area contributed by atoms with Crippen LogP contribution in [0.4, 0.5) is 0 Å². The van der Waals surface area contributed by atoms with E-state index in [1.807, 2.05) is 4.90 Å². The van der Waals surface area contributed by atoms with Crippen LogP contribution in [0, 0.1) is 5.92 Å². The lowest BCUT2D eigenvalue weighted by Crippen LogP contribution is -2.46. The lowest BCUT2D eigenvalue weighted by Gasteiger charge is -2.37. The van der Waals surface area contributed by atoms with E-state index in [2.05, 4.69) is 6.92 Å². The summed E-state index contributed by atoms with van der Waals surface area (Å²) in [5, 5.41) is 9.22. The molecule has 0 aromatic heterocycles. The van der Waals surface area contributed by atoms with Crippen molar-refractivity contribution in [2.45, 2.75) is 57.6 Å². The maximum atomic E-state index is 12.2. The summed E-state index contributed by atoms with van der Waals surface area (Å²) in [5.74, 6) is 0.504. The highest BCUT2D eigenvalue weighted by atomic mass is 16.5. The van der Waals surface area contributed by atoms with Crippen molar-refractivity contribution in [2.24, 2.45) is 5.92 Å². The standard InChI is InChI=1S/C14H25NO3/c1-11-4-5-12(10-16)9-15(11)14(17)7-6-13-3-2-8-18-13/h11-13,16H,2-10H2,1H3. The van der Waals surface area contributed by atoms with Crippen molar-refractivity contribution in [3.8, 4) is 0 Å². The summed E-state index contributed by atoms with van der Waals surface area (Å²) in [4.78, 5) is 14.2. The molecule has 2 saturated heterocycles. The molecule has 3 atom stereocenters. The zero-order valence-corrected chi connectivity index (χ0v) is 11.3. The second kappa shape index (κ2) is 6.53. The van der Waals surface area contributed by atoms with E-state index >= 15 is 0 Å². The second-order valence-corrected chi connectivity index (χ2v) is 5.69. The highest BCUT2D eigenvalue weighted by Crippen LogP contribution is 2.24. The molecule has 18 heavy (non-hydrogen) atoms. The Morgan fingerprint density at radius 2 is 2.22 bits per heavy atom. The van der Waals surface area contributed by atoms with Gasteiger partial charge in [-0.05, 0) is 44.9 Å². The molecule has 2 aliphatic heterocycles. The van der Waals surface area contributed by atoms with Crippen LogP contribution in [-0.4, -0.2) is 47.8 Å². The van der Waals surface area contributed by atoms with Gasteiger partial charge in [-0.15, -0.1) is 0 Å². The zero-order chi connectivity index (χ0) is 13.0. The zero-order valence-electron chi connectivity index (χ0n) is 11.3. The number of carbonyl (C=O) groups excluding carboxylic acids is 1. The van der Waals surface area contributed by atoms with Crippen molar-refractivity contribution < 1.29 is 14.6 Å². The van der Waals surface area contributed by atoms with Gasteiger partial charge in [0.1, 0.15) is 0 Å². The van der Waals surface area contributed by atoms with Crippen molar-refractivity contribution in [2.75, 3.05) is 19.8 Å². The number of hydrogen-bond donors (Lipinski definition) is 1. The predicted octanol–water partition coefficient (Wildman–Crippen LogP) is 1.56. The minimum Gasteiger partial charge on any atom is -0.396 e. The van der Waals surface area contributed by atoms with E-state index in [0.29, 0.717) is 18.6 Å². The van der Waals surface area contributed by atoms with Crippen LogP contribution in [0.25, 0.3) is 0 Å². The largest absolute Gasteiger partial charge is 0.396 e. The number of carbonyl (C=O) groups is 1. The van der Waals surface area contributed by atoms with E-state index in [1.54, 1.807) is 0 Å². The van der Waals surface area contributed by atoms with E-state index in [9.17, 15) is 9.90 Å². The van der Waals surface area contributed by atoms with Gasteiger partial charge in [-0.2, -0.15) is 0 Å². The maximum absolute atomic E-state index is 12.2. The smallest absolute Gasteiger partial charge is 0.222 e. The molecule has 0 saturated carbocycles. The number of piperidine rings is 1. The molecular weight excluding hydrogens is 230 g/mol. The van der Waals surface area contributed by atoms with E-state index in [4.69, 9.17) is 4.74 Å². The summed E-state index contributed by atoms with van der Waals surface area (Å²) in [6, 6.07) is 0.324. The van der Waals surface area contributed by atoms with E-state index in [-0.39, 0.29) is 18.4 Å². The average Bonchev–Trinajstić information content (AvgIpc) is 2.89. The van der Waals surface area contributed by atoms with Crippen molar-refractivity contribution >= 4 is 5.91 Å². The van der Waals surface area contributed by atoms with Crippen LogP contribution < -0.4 is 0 Å². The lowest BCUT2D eigenvalue weighted by atomic mass is 9.93. The number of amides is 1. The summed E-state index contributed by atoms with van der Waals surface area (Å²) in [5.41, 5.74) is 0. The fraction of sp³-hybridized carbons (Fsp3) is 0.929. The van der Waals surface area contributed by atoms with Crippen molar-refractivity contribution in [3.05, 3.63) is 0 Å². The monoisotopic (exact) mass is 255 g/mol. The van der Waals surface area contributed by atoms with Gasteiger partial charge < -0.3 is 14.7 Å². The number of ether oxygens (including phenoxy) is 1. The van der Waals surface area contributed by atoms with Gasteiger partial charge in [0.25, 0.3) is 0 Å². The van der Waals surface area contributed by atoms with Gasteiger partial charge in [-0.25, -0.2) is 0 Å². The van der Waals surface area contributed by atoms with Crippen molar-refractivity contribution in [1.29, 1.82) is 0 Å². The summed E-state index contributed by atoms with van der Waals surface area (Å²) in [7, 11) is 0. The van der Waals surface area contributed by atoms with Gasteiger partial charge >= 0.3 is 0 Å². The Morgan fingerprint density at radius 3 is 2.89 bits per heavy atom. The third-order valence-corrected chi connectivity index (χ3v) is 4.26. The molecule has 4 heteroatoms. The molecule has 2 aliphatic rings. The SMILES string of the molecule is CC1CCC(CO)CN1C(=O)CCC1CCCO1. The van der Waals surface area contributed by atoms with Crippen LogP contribution in [-0.2, 0) is 9.53 Å². The molecule has 4 nitrogen and oxygen atoms in total. The molecule has 0 aliphatic carbocycles. The molecule has 2 heterocycles. The van der Waals surface area contributed by atoms with Gasteiger partial charge in [0.2, 0.25) is 5.91 Å². The molecule has 0 aromatic carbocycles. The lowest BCUT2D eigenvalue weighted by molar-refractivity contribution is -0.136. The predicted molar refractivity (Wildman–Crippen MR) is 69.2 cm³/mol. The van der Waals surface area contributed by atoms with E-state index < -0.39 is 0 Å². The fourth-order valence-electron chi connectivity index (χ4n) is 2.98. The van der Waals surface area contributed by atoms with Crippen LogP contribution in [0.1, 0.15) is 45.4 Å². The van der Waals surface area contributed by atoms with Crippen molar-refractivity contribution in [3.63, 3.8) is 0 Å². The average molecular weight is 255 g/mol. The van der Waals surface area contributed by atoms with Crippen LogP contribution in [0.15, 0.2) is 0 Å². The van der Waals surface area contributed by atoms with Crippen LogP contribution in [0.5, 0.6) is 0 Å². The number of rotatable bonds is 4. The first-order chi connectivity index (χ1) is 8.70. The van der Waals surface area contributed by atoms with Gasteiger partial charge in [0, 0.05) is 32.2 Å². The summed E-state index contributed by atoms with van der Waals surface area (Å²) >= 11 is 0. The maximum Gasteiger partial charge on any atom is 0.222 e.